The smallest absolute Gasteiger partial charge is 0.271 e. The van der Waals surface area contributed by atoms with E-state index in [1.165, 1.54) is 30.5 Å². The highest BCUT2D eigenvalue weighted by Gasteiger charge is 2.12. The Hall–Kier alpha value is -4.00. The fourth-order valence-electron chi connectivity index (χ4n) is 2.50. The third-order valence-electron chi connectivity index (χ3n) is 4.00. The highest BCUT2D eigenvalue weighted by atomic mass is 19.1. The molecule has 3 rings (SSSR count). The summed E-state index contributed by atoms with van der Waals surface area (Å²) in [7, 11) is 1.58. The van der Waals surface area contributed by atoms with Gasteiger partial charge in [-0.2, -0.15) is 5.10 Å². The summed E-state index contributed by atoms with van der Waals surface area (Å²) in [6.07, 6.45) is 1.50. The molecule has 3 aromatic rings. The molecule has 146 valence electrons. The molecule has 0 saturated heterocycles. The van der Waals surface area contributed by atoms with Crippen molar-refractivity contribution >= 4 is 23.7 Å². The van der Waals surface area contributed by atoms with E-state index in [0.717, 1.165) is 11.3 Å². The molecule has 29 heavy (non-hydrogen) atoms. The molecule has 3 aromatic carbocycles. The Morgan fingerprint density at radius 1 is 0.966 bits per heavy atom. The second-order valence-corrected chi connectivity index (χ2v) is 5.99. The van der Waals surface area contributed by atoms with Crippen LogP contribution in [0.15, 0.2) is 77.9 Å². The van der Waals surface area contributed by atoms with Crippen molar-refractivity contribution in [2.75, 3.05) is 12.4 Å². The summed E-state index contributed by atoms with van der Waals surface area (Å²) in [4.78, 5) is 24.5. The van der Waals surface area contributed by atoms with E-state index in [-0.39, 0.29) is 5.56 Å². The van der Waals surface area contributed by atoms with Crippen LogP contribution in [0.3, 0.4) is 0 Å². The van der Waals surface area contributed by atoms with Crippen LogP contribution in [-0.2, 0) is 0 Å². The Labute approximate surface area is 167 Å². The van der Waals surface area contributed by atoms with Gasteiger partial charge >= 0.3 is 0 Å². The Balaban J connectivity index is 1.63. The molecule has 0 aliphatic rings. The van der Waals surface area contributed by atoms with Crippen molar-refractivity contribution in [1.29, 1.82) is 0 Å². The number of anilines is 1. The molecule has 6 nitrogen and oxygen atoms in total. The van der Waals surface area contributed by atoms with Crippen molar-refractivity contribution in [3.05, 3.63) is 95.3 Å². The molecule has 0 saturated carbocycles. The molecule has 2 amide bonds. The van der Waals surface area contributed by atoms with Crippen molar-refractivity contribution < 1.29 is 18.7 Å². The zero-order chi connectivity index (χ0) is 20.6. The predicted molar refractivity (Wildman–Crippen MR) is 109 cm³/mol. The lowest BCUT2D eigenvalue weighted by Gasteiger charge is -2.07. The van der Waals surface area contributed by atoms with Gasteiger partial charge in [-0.25, -0.2) is 9.82 Å². The van der Waals surface area contributed by atoms with Gasteiger partial charge in [0.25, 0.3) is 11.8 Å². The number of nitrogens with zero attached hydrogens (tertiary/aromatic N) is 1. The fourth-order valence-corrected chi connectivity index (χ4v) is 2.50. The van der Waals surface area contributed by atoms with E-state index < -0.39 is 17.6 Å². The second-order valence-electron chi connectivity index (χ2n) is 5.99. The number of hydrazone groups is 1. The Morgan fingerprint density at radius 2 is 1.72 bits per heavy atom. The minimum Gasteiger partial charge on any atom is -0.497 e. The number of benzene rings is 3. The van der Waals surface area contributed by atoms with Crippen molar-refractivity contribution in [1.82, 2.24) is 5.43 Å². The Kier molecular flexibility index (Phi) is 6.32. The Bertz CT molecular complexity index is 1050. The monoisotopic (exact) mass is 391 g/mol. The first-order valence-corrected chi connectivity index (χ1v) is 8.70. The van der Waals surface area contributed by atoms with Gasteiger partial charge in [0.15, 0.2) is 0 Å². The van der Waals surface area contributed by atoms with Gasteiger partial charge in [0.05, 0.1) is 18.9 Å². The normalized spacial score (nSPS) is 10.6. The lowest BCUT2D eigenvalue weighted by atomic mass is 10.1. The van der Waals surface area contributed by atoms with Gasteiger partial charge in [-0.15, -0.1) is 0 Å². The van der Waals surface area contributed by atoms with Gasteiger partial charge in [0, 0.05) is 11.3 Å². The molecular weight excluding hydrogens is 373 g/mol. The fraction of sp³-hybridized carbons (Fsp3) is 0.0455. The van der Waals surface area contributed by atoms with Crippen molar-refractivity contribution in [2.45, 2.75) is 0 Å². The number of nitrogens with one attached hydrogen (secondary N) is 2. The van der Waals surface area contributed by atoms with Crippen molar-refractivity contribution in [3.63, 3.8) is 0 Å². The molecule has 0 spiro atoms. The first-order chi connectivity index (χ1) is 14.1. The SMILES string of the molecule is COc1ccc(C=NNC(=O)c2cccc(NC(=O)c3ccccc3F)c2)cc1. The van der Waals surface area contributed by atoms with E-state index in [9.17, 15) is 14.0 Å². The van der Waals surface area contributed by atoms with E-state index in [1.54, 1.807) is 55.6 Å². The summed E-state index contributed by atoms with van der Waals surface area (Å²) in [6, 6.07) is 19.1. The average molecular weight is 391 g/mol. The molecule has 0 atom stereocenters. The minimum absolute atomic E-state index is 0.0774. The van der Waals surface area contributed by atoms with Crippen LogP contribution < -0.4 is 15.5 Å². The number of carbonyl (C=O) groups excluding carboxylic acids is 2. The summed E-state index contributed by atoms with van der Waals surface area (Å²) in [6.45, 7) is 0. The summed E-state index contributed by atoms with van der Waals surface area (Å²) < 4.78 is 18.8. The van der Waals surface area contributed by atoms with E-state index in [1.807, 2.05) is 0 Å². The summed E-state index contributed by atoms with van der Waals surface area (Å²) in [5, 5.41) is 6.50. The maximum atomic E-state index is 13.7. The zero-order valence-electron chi connectivity index (χ0n) is 15.6. The van der Waals surface area contributed by atoms with Crippen molar-refractivity contribution in [2.24, 2.45) is 5.10 Å². The standard InChI is InChI=1S/C22H18FN3O3/c1-29-18-11-9-15(10-12-18)14-24-26-21(27)16-5-4-6-17(13-16)25-22(28)19-7-2-3-8-20(19)23/h2-14H,1H3,(H,25,28)(H,26,27). The average Bonchev–Trinajstić information content (AvgIpc) is 2.74. The number of hydrogen-bond donors (Lipinski definition) is 2. The van der Waals surface area contributed by atoms with Gasteiger partial charge < -0.3 is 10.1 Å². The van der Waals surface area contributed by atoms with Crippen LogP contribution in [0.4, 0.5) is 10.1 Å². The lowest BCUT2D eigenvalue weighted by molar-refractivity contribution is 0.0953. The van der Waals surface area contributed by atoms with Crippen LogP contribution in [0.2, 0.25) is 0 Å². The molecule has 0 heterocycles. The molecule has 0 unspecified atom stereocenters. The molecule has 0 aliphatic heterocycles. The third kappa shape index (κ3) is 5.26. The number of halogens is 1. The predicted octanol–water partition coefficient (Wildman–Crippen LogP) is 3.85. The lowest BCUT2D eigenvalue weighted by Crippen LogP contribution is -2.18. The summed E-state index contributed by atoms with van der Waals surface area (Å²) >= 11 is 0. The number of hydrogen-bond acceptors (Lipinski definition) is 4. The molecule has 0 bridgehead atoms. The summed E-state index contributed by atoms with van der Waals surface area (Å²) in [5.41, 5.74) is 3.80. The number of carbonyl (C=O) groups is 2. The highest BCUT2D eigenvalue weighted by molar-refractivity contribution is 6.05. The van der Waals surface area contributed by atoms with Gasteiger partial charge in [-0.3, -0.25) is 9.59 Å². The minimum atomic E-state index is -0.619. The number of amides is 2. The molecule has 7 heteroatoms. The summed E-state index contributed by atoms with van der Waals surface area (Å²) in [5.74, 6) is -0.942. The van der Waals surface area contributed by atoms with Crippen LogP contribution in [0.25, 0.3) is 0 Å². The highest BCUT2D eigenvalue weighted by Crippen LogP contribution is 2.14. The maximum absolute atomic E-state index is 13.7. The van der Waals surface area contributed by atoms with Gasteiger partial charge in [-0.1, -0.05) is 18.2 Å². The van der Waals surface area contributed by atoms with Crippen LogP contribution >= 0.6 is 0 Å². The van der Waals surface area contributed by atoms with Crippen LogP contribution in [-0.4, -0.2) is 25.1 Å². The zero-order valence-corrected chi connectivity index (χ0v) is 15.6. The largest absolute Gasteiger partial charge is 0.497 e. The molecule has 0 radical (unpaired) electrons. The topological polar surface area (TPSA) is 79.8 Å². The number of rotatable bonds is 6. The van der Waals surface area contributed by atoms with E-state index in [4.69, 9.17) is 4.74 Å². The first kappa shape index (κ1) is 19.8. The maximum Gasteiger partial charge on any atom is 0.271 e. The van der Waals surface area contributed by atoms with E-state index >= 15 is 0 Å². The number of ether oxygens (including phenoxy) is 1. The van der Waals surface area contributed by atoms with Crippen molar-refractivity contribution in [3.8, 4) is 5.75 Å². The first-order valence-electron chi connectivity index (χ1n) is 8.70. The second kappa shape index (κ2) is 9.27. The van der Waals surface area contributed by atoms with Gasteiger partial charge in [0.1, 0.15) is 11.6 Å². The van der Waals surface area contributed by atoms with E-state index in [2.05, 4.69) is 15.8 Å². The van der Waals surface area contributed by atoms with Crippen LogP contribution in [0.5, 0.6) is 5.75 Å². The van der Waals surface area contributed by atoms with Crippen LogP contribution in [0, 0.1) is 5.82 Å². The quantitative estimate of drug-likeness (QED) is 0.495. The van der Waals surface area contributed by atoms with Gasteiger partial charge in [-0.05, 0) is 60.2 Å². The molecular formula is C22H18FN3O3. The van der Waals surface area contributed by atoms with E-state index in [0.29, 0.717) is 11.3 Å². The van der Waals surface area contributed by atoms with Gasteiger partial charge in [0.2, 0.25) is 0 Å². The third-order valence-corrected chi connectivity index (χ3v) is 4.00. The Morgan fingerprint density at radius 3 is 2.45 bits per heavy atom. The molecule has 2 N–H and O–H groups in total. The molecule has 0 aliphatic carbocycles. The van der Waals surface area contributed by atoms with Crippen LogP contribution in [0.1, 0.15) is 26.3 Å². The molecule has 0 fully saturated rings. The number of methoxy groups -OCH3 is 1. The molecule has 0 aromatic heterocycles.